The van der Waals surface area contributed by atoms with Crippen LogP contribution in [0.15, 0.2) is 60.7 Å². The van der Waals surface area contributed by atoms with Gasteiger partial charge in [-0.1, -0.05) is 60.4 Å². The maximum absolute atomic E-state index is 11.8. The molecule has 2 N–H and O–H groups in total. The first-order valence-corrected chi connectivity index (χ1v) is 6.06. The molecular weight excluding hydrogens is 316 g/mol. The van der Waals surface area contributed by atoms with Gasteiger partial charge in [-0.2, -0.15) is 0 Å². The standard InChI is InChI=1S/C16H12O2.CH4O.Cu/c17-15(12-11-13-7-3-1-4-8-13)16(18)14-9-5-2-6-10-14;1-2;/h1-10,15,17H;2H,1H3;. The Labute approximate surface area is 135 Å². The van der Waals surface area contributed by atoms with Gasteiger partial charge in [0.1, 0.15) is 0 Å². The Balaban J connectivity index is 0.00000128. The van der Waals surface area contributed by atoms with E-state index in [1.165, 1.54) is 0 Å². The normalized spacial score (nSPS) is 9.86. The Morgan fingerprint density at radius 3 is 1.95 bits per heavy atom. The van der Waals surface area contributed by atoms with Crippen molar-refractivity contribution in [2.75, 3.05) is 7.11 Å². The van der Waals surface area contributed by atoms with Crippen LogP contribution in [0.5, 0.6) is 0 Å². The predicted octanol–water partition coefficient (Wildman–Crippen LogP) is 1.89. The van der Waals surface area contributed by atoms with E-state index in [9.17, 15) is 9.90 Å². The zero-order valence-electron chi connectivity index (χ0n) is 11.5. The van der Waals surface area contributed by atoms with Crippen LogP contribution < -0.4 is 0 Å². The fourth-order valence-corrected chi connectivity index (χ4v) is 1.50. The number of hydrogen-bond donors (Lipinski definition) is 2. The third-order valence-corrected chi connectivity index (χ3v) is 2.43. The van der Waals surface area contributed by atoms with E-state index in [0.29, 0.717) is 5.56 Å². The van der Waals surface area contributed by atoms with Gasteiger partial charge in [0, 0.05) is 35.3 Å². The van der Waals surface area contributed by atoms with E-state index in [-0.39, 0.29) is 22.9 Å². The molecular formula is C17H16CuO3. The molecule has 0 aliphatic rings. The van der Waals surface area contributed by atoms with Crippen molar-refractivity contribution in [3.8, 4) is 11.8 Å². The van der Waals surface area contributed by atoms with Crippen LogP contribution >= 0.6 is 0 Å². The molecule has 21 heavy (non-hydrogen) atoms. The van der Waals surface area contributed by atoms with Gasteiger partial charge in [-0.3, -0.25) is 4.79 Å². The second-order valence-electron chi connectivity index (χ2n) is 3.77. The van der Waals surface area contributed by atoms with E-state index < -0.39 is 6.10 Å². The topological polar surface area (TPSA) is 57.5 Å². The molecule has 0 heterocycles. The Bertz CT molecular complexity index is 586. The SMILES string of the molecule is CO.O=C(c1ccccc1)C(O)C#Cc1ccccc1.[Cu]. The summed E-state index contributed by atoms with van der Waals surface area (Å²) in [5.74, 6) is 4.95. The van der Waals surface area contributed by atoms with Gasteiger partial charge in [-0.05, 0) is 12.1 Å². The van der Waals surface area contributed by atoms with Crippen molar-refractivity contribution in [1.29, 1.82) is 0 Å². The van der Waals surface area contributed by atoms with Crippen molar-refractivity contribution >= 4 is 5.78 Å². The molecule has 2 aromatic carbocycles. The predicted molar refractivity (Wildman–Crippen MR) is 78.2 cm³/mol. The number of rotatable bonds is 2. The van der Waals surface area contributed by atoms with Crippen molar-refractivity contribution in [3.63, 3.8) is 0 Å². The van der Waals surface area contributed by atoms with Crippen molar-refractivity contribution < 1.29 is 32.1 Å². The largest absolute Gasteiger partial charge is 0.400 e. The molecule has 0 saturated heterocycles. The van der Waals surface area contributed by atoms with Gasteiger partial charge in [0.05, 0.1) is 0 Å². The monoisotopic (exact) mass is 331 g/mol. The molecule has 3 nitrogen and oxygen atoms in total. The van der Waals surface area contributed by atoms with Gasteiger partial charge in [0.15, 0.2) is 6.10 Å². The molecule has 1 radical (unpaired) electrons. The van der Waals surface area contributed by atoms with E-state index in [0.717, 1.165) is 12.7 Å². The molecule has 0 bridgehead atoms. The third-order valence-electron chi connectivity index (χ3n) is 2.43. The molecule has 0 aromatic heterocycles. The Morgan fingerprint density at radius 1 is 0.952 bits per heavy atom. The smallest absolute Gasteiger partial charge is 0.203 e. The minimum absolute atomic E-state index is 0. The van der Waals surface area contributed by atoms with Crippen molar-refractivity contribution in [1.82, 2.24) is 0 Å². The molecule has 4 heteroatoms. The molecule has 0 amide bonds. The average molecular weight is 332 g/mol. The van der Waals surface area contributed by atoms with Crippen LogP contribution in [-0.2, 0) is 17.1 Å². The van der Waals surface area contributed by atoms with Crippen LogP contribution in [0.4, 0.5) is 0 Å². The van der Waals surface area contributed by atoms with Crippen LogP contribution in [0.1, 0.15) is 15.9 Å². The number of aliphatic hydroxyl groups excluding tert-OH is 2. The quantitative estimate of drug-likeness (QED) is 0.502. The summed E-state index contributed by atoms with van der Waals surface area (Å²) in [5.41, 5.74) is 1.24. The van der Waals surface area contributed by atoms with Gasteiger partial charge < -0.3 is 10.2 Å². The number of ketones is 1. The van der Waals surface area contributed by atoms with E-state index in [1.807, 2.05) is 36.4 Å². The first-order chi connectivity index (χ1) is 9.77. The molecule has 0 spiro atoms. The first kappa shape index (κ1) is 19.1. The molecule has 113 valence electrons. The van der Waals surface area contributed by atoms with E-state index in [2.05, 4.69) is 11.8 Å². The fourth-order valence-electron chi connectivity index (χ4n) is 1.50. The Morgan fingerprint density at radius 2 is 1.43 bits per heavy atom. The Hall–Kier alpha value is -1.89. The van der Waals surface area contributed by atoms with Crippen LogP contribution in [0.3, 0.4) is 0 Å². The number of carbonyl (C=O) groups excluding carboxylic acids is 1. The molecule has 0 aliphatic heterocycles. The van der Waals surface area contributed by atoms with Crippen LogP contribution in [0.2, 0.25) is 0 Å². The van der Waals surface area contributed by atoms with Gasteiger partial charge in [0.25, 0.3) is 0 Å². The summed E-state index contributed by atoms with van der Waals surface area (Å²) >= 11 is 0. The number of Topliss-reactive ketones (excluding diaryl/α,β-unsaturated/α-hetero) is 1. The van der Waals surface area contributed by atoms with Crippen molar-refractivity contribution in [2.45, 2.75) is 6.10 Å². The van der Waals surface area contributed by atoms with Gasteiger partial charge in [0.2, 0.25) is 5.78 Å². The maximum Gasteiger partial charge on any atom is 0.203 e. The number of hydrogen-bond acceptors (Lipinski definition) is 3. The molecule has 0 fully saturated rings. The zero-order chi connectivity index (χ0) is 14.8. The third kappa shape index (κ3) is 6.39. The molecule has 2 rings (SSSR count). The van der Waals surface area contributed by atoms with Crippen LogP contribution in [0, 0.1) is 11.8 Å². The van der Waals surface area contributed by atoms with Crippen LogP contribution in [0.25, 0.3) is 0 Å². The van der Waals surface area contributed by atoms with Gasteiger partial charge in [-0.25, -0.2) is 0 Å². The van der Waals surface area contributed by atoms with E-state index in [4.69, 9.17) is 5.11 Å². The number of aliphatic hydroxyl groups is 2. The van der Waals surface area contributed by atoms with Crippen molar-refractivity contribution in [3.05, 3.63) is 71.8 Å². The van der Waals surface area contributed by atoms with E-state index >= 15 is 0 Å². The average Bonchev–Trinajstić information content (AvgIpc) is 2.55. The van der Waals surface area contributed by atoms with E-state index in [1.54, 1.807) is 24.3 Å². The van der Waals surface area contributed by atoms with Gasteiger partial charge >= 0.3 is 0 Å². The summed E-state index contributed by atoms with van der Waals surface area (Å²) in [7, 11) is 1.00. The fraction of sp³-hybridized carbons (Fsp3) is 0.118. The Kier molecular flexibility index (Phi) is 9.87. The zero-order valence-corrected chi connectivity index (χ0v) is 12.4. The summed E-state index contributed by atoms with van der Waals surface area (Å²) in [6, 6.07) is 17.9. The summed E-state index contributed by atoms with van der Waals surface area (Å²) in [6.45, 7) is 0. The molecule has 0 saturated carbocycles. The minimum atomic E-state index is -1.28. The molecule has 2 aromatic rings. The summed E-state index contributed by atoms with van der Waals surface area (Å²) in [4.78, 5) is 11.8. The molecule has 0 aliphatic carbocycles. The maximum atomic E-state index is 11.8. The second-order valence-corrected chi connectivity index (χ2v) is 3.77. The summed E-state index contributed by atoms with van der Waals surface area (Å²) in [5, 5.41) is 16.7. The van der Waals surface area contributed by atoms with Crippen molar-refractivity contribution in [2.24, 2.45) is 0 Å². The molecule has 1 atom stereocenters. The second kappa shape index (κ2) is 10.8. The summed E-state index contributed by atoms with van der Waals surface area (Å²) in [6.07, 6.45) is -1.28. The van der Waals surface area contributed by atoms with Crippen LogP contribution in [-0.4, -0.2) is 29.2 Å². The number of benzene rings is 2. The number of carbonyl (C=O) groups is 1. The molecule has 1 unspecified atom stereocenters. The first-order valence-electron chi connectivity index (χ1n) is 6.06. The minimum Gasteiger partial charge on any atom is -0.400 e. The summed E-state index contributed by atoms with van der Waals surface area (Å²) < 4.78 is 0. The van der Waals surface area contributed by atoms with Gasteiger partial charge in [-0.15, -0.1) is 0 Å².